The number of hydrogen-bond acceptors (Lipinski definition) is 4. The number of methoxy groups -OCH3 is 1. The number of anilines is 3. The molecule has 5 nitrogen and oxygen atoms in total. The highest BCUT2D eigenvalue weighted by Crippen LogP contribution is 2.39. The second-order valence-corrected chi connectivity index (χ2v) is 10.1. The van der Waals surface area contributed by atoms with Gasteiger partial charge in [0.15, 0.2) is 0 Å². The molecule has 1 N–H and O–H groups in total. The van der Waals surface area contributed by atoms with Crippen molar-refractivity contribution < 1.29 is 9.84 Å². The van der Waals surface area contributed by atoms with Gasteiger partial charge in [-0.05, 0) is 86.8 Å². The highest BCUT2D eigenvalue weighted by molar-refractivity contribution is 6.15. The van der Waals surface area contributed by atoms with Gasteiger partial charge in [-0.15, -0.1) is 0 Å². The molecule has 0 aliphatic heterocycles. The molecule has 0 heterocycles. The molecule has 0 aliphatic carbocycles. The number of fused-ring (bicyclic) bond motifs is 2. The molecule has 6 aromatic carbocycles. The zero-order valence-electron chi connectivity index (χ0n) is 23.5. The van der Waals surface area contributed by atoms with E-state index >= 15 is 0 Å². The molecule has 0 radical (unpaired) electrons. The highest BCUT2D eigenvalue weighted by atomic mass is 16.5. The number of aliphatic hydroxyl groups excluding tert-OH is 1. The van der Waals surface area contributed by atoms with Gasteiger partial charge in [0.1, 0.15) is 11.8 Å². The quantitative estimate of drug-likeness (QED) is 0.121. The Labute approximate surface area is 250 Å². The monoisotopic (exact) mass is 557 g/mol. The van der Waals surface area contributed by atoms with Gasteiger partial charge in [0.25, 0.3) is 0 Å². The Kier molecular flexibility index (Phi) is 7.57. The SMILES string of the molecule is [C-]#[N+]c1c2ccccc2c(C#N)c2ccc(C=Cc3ccc(N(c4ccc(CO)cc4)c4ccc(OC)cc4)cc3)cc12. The van der Waals surface area contributed by atoms with Crippen LogP contribution in [-0.4, -0.2) is 12.2 Å². The van der Waals surface area contributed by atoms with Crippen LogP contribution in [0.2, 0.25) is 0 Å². The van der Waals surface area contributed by atoms with E-state index in [1.54, 1.807) is 7.11 Å². The summed E-state index contributed by atoms with van der Waals surface area (Å²) < 4.78 is 5.35. The van der Waals surface area contributed by atoms with Crippen molar-refractivity contribution in [1.29, 1.82) is 5.26 Å². The molecule has 0 saturated heterocycles. The minimum atomic E-state index is -0.00365. The zero-order chi connectivity index (χ0) is 29.8. The van der Waals surface area contributed by atoms with Gasteiger partial charge in [-0.2, -0.15) is 5.26 Å². The van der Waals surface area contributed by atoms with E-state index in [9.17, 15) is 10.4 Å². The molecule has 6 rings (SSSR count). The fourth-order valence-corrected chi connectivity index (χ4v) is 5.37. The number of nitriles is 1. The third-order valence-electron chi connectivity index (χ3n) is 7.57. The number of aliphatic hydroxyl groups is 1. The summed E-state index contributed by atoms with van der Waals surface area (Å²) in [7, 11) is 1.65. The van der Waals surface area contributed by atoms with E-state index in [2.05, 4.69) is 40.1 Å². The number of ether oxygens (including phenoxy) is 1. The van der Waals surface area contributed by atoms with Crippen molar-refractivity contribution in [3.8, 4) is 11.8 Å². The Morgan fingerprint density at radius 1 is 0.744 bits per heavy atom. The molecular formula is C38H27N3O2. The third-order valence-corrected chi connectivity index (χ3v) is 7.57. The Morgan fingerprint density at radius 3 is 1.91 bits per heavy atom. The lowest BCUT2D eigenvalue weighted by Gasteiger charge is -2.26. The smallest absolute Gasteiger partial charge is 0.202 e. The molecule has 6 aromatic rings. The van der Waals surface area contributed by atoms with Crippen molar-refractivity contribution in [3.05, 3.63) is 149 Å². The van der Waals surface area contributed by atoms with Crippen LogP contribution >= 0.6 is 0 Å². The van der Waals surface area contributed by atoms with E-state index in [0.717, 1.165) is 61.0 Å². The molecule has 0 atom stereocenters. The molecule has 0 aliphatic rings. The maximum absolute atomic E-state index is 9.91. The van der Waals surface area contributed by atoms with Crippen LogP contribution in [-0.2, 0) is 6.61 Å². The minimum Gasteiger partial charge on any atom is -0.497 e. The van der Waals surface area contributed by atoms with Crippen LogP contribution in [0.25, 0.3) is 38.5 Å². The fraction of sp³-hybridized carbons (Fsp3) is 0.0526. The Morgan fingerprint density at radius 2 is 1.30 bits per heavy atom. The van der Waals surface area contributed by atoms with Crippen LogP contribution in [0.4, 0.5) is 22.7 Å². The lowest BCUT2D eigenvalue weighted by Crippen LogP contribution is -2.10. The molecule has 0 saturated carbocycles. The summed E-state index contributed by atoms with van der Waals surface area (Å²) in [6.07, 6.45) is 4.07. The number of hydrogen-bond donors (Lipinski definition) is 1. The predicted molar refractivity (Wildman–Crippen MR) is 175 cm³/mol. The summed E-state index contributed by atoms with van der Waals surface area (Å²) >= 11 is 0. The Balaban J connectivity index is 1.34. The van der Waals surface area contributed by atoms with E-state index in [1.807, 2.05) is 103 Å². The highest BCUT2D eigenvalue weighted by Gasteiger charge is 2.15. The van der Waals surface area contributed by atoms with Gasteiger partial charge < -0.3 is 14.7 Å². The predicted octanol–water partition coefficient (Wildman–Crippen LogP) is 9.56. The van der Waals surface area contributed by atoms with Crippen molar-refractivity contribution in [2.45, 2.75) is 6.61 Å². The van der Waals surface area contributed by atoms with Crippen LogP contribution in [0.5, 0.6) is 5.75 Å². The first-order valence-electron chi connectivity index (χ1n) is 13.8. The summed E-state index contributed by atoms with van der Waals surface area (Å²) in [5, 5.41) is 22.6. The molecule has 0 spiro atoms. The number of rotatable bonds is 7. The van der Waals surface area contributed by atoms with Gasteiger partial charge in [-0.1, -0.05) is 78.9 Å². The largest absolute Gasteiger partial charge is 0.497 e. The number of benzene rings is 6. The first-order chi connectivity index (χ1) is 21.1. The average molecular weight is 558 g/mol. The Hall–Kier alpha value is -5.88. The van der Waals surface area contributed by atoms with E-state index in [1.165, 1.54) is 0 Å². The van der Waals surface area contributed by atoms with Crippen molar-refractivity contribution in [1.82, 2.24) is 0 Å². The van der Waals surface area contributed by atoms with Gasteiger partial charge in [-0.25, -0.2) is 4.85 Å². The van der Waals surface area contributed by atoms with Gasteiger partial charge >= 0.3 is 0 Å². The summed E-state index contributed by atoms with van der Waals surface area (Å²) in [6, 6.07) is 39.9. The maximum atomic E-state index is 9.91. The molecule has 43 heavy (non-hydrogen) atoms. The summed E-state index contributed by atoms with van der Waals surface area (Å²) in [4.78, 5) is 6.00. The third kappa shape index (κ3) is 5.29. The van der Waals surface area contributed by atoms with E-state index in [0.29, 0.717) is 11.3 Å². The zero-order valence-corrected chi connectivity index (χ0v) is 23.5. The average Bonchev–Trinajstić information content (AvgIpc) is 3.07. The van der Waals surface area contributed by atoms with Gasteiger partial charge in [-0.3, -0.25) is 0 Å². The second-order valence-electron chi connectivity index (χ2n) is 10.1. The van der Waals surface area contributed by atoms with Crippen molar-refractivity contribution in [2.24, 2.45) is 0 Å². The topological polar surface area (TPSA) is 60.9 Å². The minimum absolute atomic E-state index is 0.00365. The van der Waals surface area contributed by atoms with Crippen LogP contribution in [0.15, 0.2) is 115 Å². The summed E-state index contributed by atoms with van der Waals surface area (Å²) in [6.45, 7) is 7.86. The van der Waals surface area contributed by atoms with Crippen LogP contribution in [0, 0.1) is 17.9 Å². The summed E-state index contributed by atoms with van der Waals surface area (Å²) in [5.41, 5.74) is 6.93. The van der Waals surface area contributed by atoms with Gasteiger partial charge in [0.05, 0.1) is 25.9 Å². The molecule has 0 unspecified atom stereocenters. The lowest BCUT2D eigenvalue weighted by molar-refractivity contribution is 0.282. The van der Waals surface area contributed by atoms with Crippen LogP contribution in [0.3, 0.4) is 0 Å². The van der Waals surface area contributed by atoms with E-state index in [-0.39, 0.29) is 6.61 Å². The van der Waals surface area contributed by atoms with Gasteiger partial charge in [0, 0.05) is 17.1 Å². The first-order valence-corrected chi connectivity index (χ1v) is 13.8. The fourth-order valence-electron chi connectivity index (χ4n) is 5.37. The van der Waals surface area contributed by atoms with Gasteiger partial charge in [0.2, 0.25) is 5.69 Å². The molecule has 5 heteroatoms. The Bertz CT molecular complexity index is 2000. The van der Waals surface area contributed by atoms with E-state index in [4.69, 9.17) is 11.3 Å². The molecule has 0 aromatic heterocycles. The first kappa shape index (κ1) is 27.3. The molecule has 0 amide bonds. The summed E-state index contributed by atoms with van der Waals surface area (Å²) in [5.74, 6) is 0.786. The molecular weight excluding hydrogens is 530 g/mol. The standard InChI is InChI=1S/C38H27N3O2/c1-40-38-35-6-4-3-5-33(35)37(24-39)34-22-13-27(23-36(34)38)8-7-26-9-14-29(15-10-26)41(30-16-11-28(25-42)12-17-30)31-18-20-32(43-2)21-19-31/h3-23,42H,25H2,2H3. The van der Waals surface area contributed by atoms with Crippen molar-refractivity contribution in [3.63, 3.8) is 0 Å². The normalized spacial score (nSPS) is 11.0. The lowest BCUT2D eigenvalue weighted by atomic mass is 9.94. The van der Waals surface area contributed by atoms with E-state index < -0.39 is 0 Å². The second kappa shape index (κ2) is 11.9. The molecule has 0 bridgehead atoms. The maximum Gasteiger partial charge on any atom is 0.202 e. The van der Waals surface area contributed by atoms with Crippen molar-refractivity contribution in [2.75, 3.05) is 12.0 Å². The molecule has 206 valence electrons. The van der Waals surface area contributed by atoms with Crippen molar-refractivity contribution >= 4 is 56.4 Å². The molecule has 0 fully saturated rings. The van der Waals surface area contributed by atoms with Crippen LogP contribution < -0.4 is 9.64 Å². The van der Waals surface area contributed by atoms with Crippen LogP contribution in [0.1, 0.15) is 22.3 Å². The number of nitrogens with zero attached hydrogens (tertiary/aromatic N) is 3.